The Hall–Kier alpha value is -3.10. The molecule has 2 aromatic rings. The summed E-state index contributed by atoms with van der Waals surface area (Å²) in [5.74, 6) is 0.245. The van der Waals surface area contributed by atoms with E-state index >= 15 is 0 Å². The molecule has 30 heavy (non-hydrogen) atoms. The largest absolute Gasteiger partial charge is 0.352 e. The maximum absolute atomic E-state index is 12.4. The van der Waals surface area contributed by atoms with Crippen molar-refractivity contribution in [2.24, 2.45) is 5.92 Å². The van der Waals surface area contributed by atoms with Crippen molar-refractivity contribution in [3.05, 3.63) is 41.2 Å². The summed E-state index contributed by atoms with van der Waals surface area (Å²) in [6.45, 7) is 6.50. The van der Waals surface area contributed by atoms with E-state index in [1.54, 1.807) is 24.3 Å². The molecule has 0 fully saturated rings. The average Bonchev–Trinajstić information content (AvgIpc) is 3.23. The molecular weight excluding hydrogens is 384 g/mol. The summed E-state index contributed by atoms with van der Waals surface area (Å²) >= 11 is 0. The average molecular weight is 412 g/mol. The van der Waals surface area contributed by atoms with Crippen LogP contribution in [0.15, 0.2) is 24.3 Å². The van der Waals surface area contributed by atoms with E-state index in [-0.39, 0.29) is 43.3 Å². The van der Waals surface area contributed by atoms with Gasteiger partial charge in [0, 0.05) is 19.0 Å². The minimum Gasteiger partial charge on any atom is -0.352 e. The third-order valence-electron chi connectivity index (χ3n) is 5.04. The lowest BCUT2D eigenvalue weighted by Gasteiger charge is -2.14. The summed E-state index contributed by atoms with van der Waals surface area (Å²) in [5.41, 5.74) is 0.830. The van der Waals surface area contributed by atoms with Crippen LogP contribution >= 0.6 is 0 Å². The smallest absolute Gasteiger partial charge is 0.261 e. The van der Waals surface area contributed by atoms with E-state index in [9.17, 15) is 14.4 Å². The Balaban J connectivity index is 1.46. The number of tetrazole rings is 1. The van der Waals surface area contributed by atoms with Gasteiger partial charge in [-0.3, -0.25) is 19.3 Å². The van der Waals surface area contributed by atoms with Gasteiger partial charge in [0.1, 0.15) is 6.54 Å². The number of rotatable bonds is 10. The minimum atomic E-state index is -0.311. The van der Waals surface area contributed by atoms with Gasteiger partial charge in [-0.1, -0.05) is 38.8 Å². The zero-order valence-electron chi connectivity index (χ0n) is 17.7. The van der Waals surface area contributed by atoms with Crippen molar-refractivity contribution in [2.75, 3.05) is 6.54 Å². The second-order valence-electron chi connectivity index (χ2n) is 8.09. The topological polar surface area (TPSA) is 110 Å². The van der Waals surface area contributed by atoms with Gasteiger partial charge in [0.05, 0.1) is 11.1 Å². The summed E-state index contributed by atoms with van der Waals surface area (Å²) in [6, 6.07) is 6.85. The quantitative estimate of drug-likeness (QED) is 0.596. The number of fused-ring (bicyclic) bond motifs is 1. The highest BCUT2D eigenvalue weighted by Crippen LogP contribution is 2.22. The number of amides is 3. The first kappa shape index (κ1) is 21.6. The van der Waals surface area contributed by atoms with E-state index in [4.69, 9.17) is 0 Å². The molecule has 3 amide bonds. The highest BCUT2D eigenvalue weighted by molar-refractivity contribution is 6.21. The molecule has 0 saturated heterocycles. The molecule has 160 valence electrons. The molecule has 1 atom stereocenters. The van der Waals surface area contributed by atoms with Crippen LogP contribution < -0.4 is 5.32 Å². The fraction of sp³-hybridized carbons (Fsp3) is 0.524. The van der Waals surface area contributed by atoms with Crippen molar-refractivity contribution >= 4 is 17.7 Å². The Morgan fingerprint density at radius 2 is 1.73 bits per heavy atom. The van der Waals surface area contributed by atoms with Crippen molar-refractivity contribution in [3.63, 3.8) is 0 Å². The van der Waals surface area contributed by atoms with E-state index in [1.807, 2.05) is 6.92 Å². The SMILES string of the molecule is CC(C)CCC[C@H](C)NC(=O)Cn1nnc(CCN2C(=O)c3ccccc3C2=O)n1. The fourth-order valence-electron chi connectivity index (χ4n) is 3.45. The highest BCUT2D eigenvalue weighted by Gasteiger charge is 2.34. The first-order valence-corrected chi connectivity index (χ1v) is 10.4. The molecule has 1 aromatic heterocycles. The van der Waals surface area contributed by atoms with E-state index in [1.165, 1.54) is 9.70 Å². The van der Waals surface area contributed by atoms with Gasteiger partial charge in [-0.15, -0.1) is 10.2 Å². The van der Waals surface area contributed by atoms with Gasteiger partial charge in [0.15, 0.2) is 5.82 Å². The Labute approximate surface area is 175 Å². The zero-order chi connectivity index (χ0) is 21.7. The van der Waals surface area contributed by atoms with E-state index in [0.717, 1.165) is 19.3 Å². The minimum absolute atomic E-state index is 0.0193. The number of hydrogen-bond acceptors (Lipinski definition) is 6. The molecule has 1 aromatic carbocycles. The maximum atomic E-state index is 12.4. The number of aromatic nitrogens is 4. The first-order chi connectivity index (χ1) is 14.3. The van der Waals surface area contributed by atoms with Gasteiger partial charge in [-0.05, 0) is 36.6 Å². The van der Waals surface area contributed by atoms with Crippen LogP contribution in [0.2, 0.25) is 0 Å². The van der Waals surface area contributed by atoms with Gasteiger partial charge in [0.25, 0.3) is 11.8 Å². The van der Waals surface area contributed by atoms with Crippen molar-refractivity contribution < 1.29 is 14.4 Å². The van der Waals surface area contributed by atoms with Gasteiger partial charge in [0.2, 0.25) is 5.91 Å². The Bertz CT molecular complexity index is 888. The number of carbonyl (C=O) groups excluding carboxylic acids is 3. The molecule has 0 saturated carbocycles. The lowest BCUT2D eigenvalue weighted by molar-refractivity contribution is -0.122. The molecule has 2 heterocycles. The predicted molar refractivity (Wildman–Crippen MR) is 110 cm³/mol. The van der Waals surface area contributed by atoms with Crippen LogP contribution in [0, 0.1) is 5.92 Å². The van der Waals surface area contributed by atoms with Crippen molar-refractivity contribution in [2.45, 2.75) is 59.0 Å². The molecule has 0 radical (unpaired) electrons. The van der Waals surface area contributed by atoms with Crippen molar-refractivity contribution in [1.82, 2.24) is 30.4 Å². The van der Waals surface area contributed by atoms with Gasteiger partial charge in [-0.2, -0.15) is 4.80 Å². The Kier molecular flexibility index (Phi) is 6.91. The van der Waals surface area contributed by atoms with Gasteiger partial charge >= 0.3 is 0 Å². The van der Waals surface area contributed by atoms with E-state index < -0.39 is 0 Å². The predicted octanol–water partition coefficient (Wildman–Crippen LogP) is 1.84. The fourth-order valence-corrected chi connectivity index (χ4v) is 3.45. The number of nitrogens with zero attached hydrogens (tertiary/aromatic N) is 5. The lowest BCUT2D eigenvalue weighted by Crippen LogP contribution is -2.35. The zero-order valence-corrected chi connectivity index (χ0v) is 17.7. The highest BCUT2D eigenvalue weighted by atomic mass is 16.2. The van der Waals surface area contributed by atoms with Crippen LogP contribution in [-0.2, 0) is 17.8 Å². The van der Waals surface area contributed by atoms with Crippen molar-refractivity contribution in [1.29, 1.82) is 0 Å². The van der Waals surface area contributed by atoms with Crippen LogP contribution in [0.25, 0.3) is 0 Å². The number of hydrogen-bond donors (Lipinski definition) is 1. The molecule has 0 unspecified atom stereocenters. The van der Waals surface area contributed by atoms with Gasteiger partial charge in [-0.25, -0.2) is 0 Å². The Morgan fingerprint density at radius 3 is 2.37 bits per heavy atom. The molecule has 1 N–H and O–H groups in total. The molecule has 1 aliphatic rings. The van der Waals surface area contributed by atoms with E-state index in [2.05, 4.69) is 34.6 Å². The van der Waals surface area contributed by atoms with Crippen LogP contribution in [0.1, 0.15) is 66.6 Å². The van der Waals surface area contributed by atoms with Crippen molar-refractivity contribution in [3.8, 4) is 0 Å². The Morgan fingerprint density at radius 1 is 1.07 bits per heavy atom. The molecule has 0 bridgehead atoms. The molecule has 9 heteroatoms. The maximum Gasteiger partial charge on any atom is 0.261 e. The number of imide groups is 1. The van der Waals surface area contributed by atoms with Crippen LogP contribution in [-0.4, -0.2) is 55.4 Å². The summed E-state index contributed by atoms with van der Waals surface area (Å²) < 4.78 is 0. The molecule has 9 nitrogen and oxygen atoms in total. The summed E-state index contributed by atoms with van der Waals surface area (Å²) in [4.78, 5) is 39.4. The third-order valence-corrected chi connectivity index (χ3v) is 5.04. The monoisotopic (exact) mass is 412 g/mol. The third kappa shape index (κ3) is 5.28. The molecule has 0 aliphatic carbocycles. The van der Waals surface area contributed by atoms with Crippen LogP contribution in [0.3, 0.4) is 0 Å². The summed E-state index contributed by atoms with van der Waals surface area (Å²) in [5, 5.41) is 15.0. The molecule has 0 spiro atoms. The second-order valence-corrected chi connectivity index (χ2v) is 8.09. The molecular formula is C21H28N6O3. The normalized spacial score (nSPS) is 14.3. The van der Waals surface area contributed by atoms with E-state index in [0.29, 0.717) is 22.9 Å². The van der Waals surface area contributed by atoms with Crippen LogP contribution in [0.5, 0.6) is 0 Å². The standard InChI is InChI=1S/C21H28N6O3/c1-14(2)7-6-8-15(3)22-19(28)13-27-24-18(23-25-27)11-12-26-20(29)16-9-4-5-10-17(16)21(26)30/h4-5,9-10,14-15H,6-8,11-13H2,1-3H3,(H,22,28)/t15-/m0/s1. The number of nitrogens with one attached hydrogen (secondary N) is 1. The molecule has 3 rings (SSSR count). The second kappa shape index (κ2) is 9.60. The molecule has 1 aliphatic heterocycles. The number of carbonyl (C=O) groups is 3. The van der Waals surface area contributed by atoms with Gasteiger partial charge < -0.3 is 5.32 Å². The number of benzene rings is 1. The lowest BCUT2D eigenvalue weighted by atomic mass is 10.0. The first-order valence-electron chi connectivity index (χ1n) is 10.4. The summed E-state index contributed by atoms with van der Waals surface area (Å²) in [7, 11) is 0. The van der Waals surface area contributed by atoms with Crippen LogP contribution in [0.4, 0.5) is 0 Å². The summed E-state index contributed by atoms with van der Waals surface area (Å²) in [6.07, 6.45) is 3.42.